The van der Waals surface area contributed by atoms with Crippen LogP contribution in [0.3, 0.4) is 0 Å². The van der Waals surface area contributed by atoms with Crippen molar-refractivity contribution in [2.24, 2.45) is 0 Å². The van der Waals surface area contributed by atoms with Gasteiger partial charge in [0.2, 0.25) is 5.91 Å². The molecule has 1 aromatic rings. The third-order valence-corrected chi connectivity index (χ3v) is 3.33. The Morgan fingerprint density at radius 2 is 2.15 bits per heavy atom. The molecule has 0 aromatic heterocycles. The first-order valence-corrected chi connectivity index (χ1v) is 6.72. The van der Waals surface area contributed by atoms with Crippen LogP contribution in [0.2, 0.25) is 0 Å². The normalized spacial score (nSPS) is 18.8. The van der Waals surface area contributed by atoms with Crippen molar-refractivity contribution < 1.29 is 18.3 Å². The predicted octanol–water partition coefficient (Wildman–Crippen LogP) is 2.83. The monoisotopic (exact) mass is 284 g/mol. The van der Waals surface area contributed by atoms with Gasteiger partial charge in [-0.1, -0.05) is 0 Å². The molecule has 1 saturated heterocycles. The molecule has 0 saturated carbocycles. The van der Waals surface area contributed by atoms with Crippen molar-refractivity contribution in [2.75, 3.05) is 17.7 Å². The minimum Gasteiger partial charge on any atom is -0.396 e. The summed E-state index contributed by atoms with van der Waals surface area (Å²) in [5.41, 5.74) is 5.05. The van der Waals surface area contributed by atoms with Crippen LogP contribution in [0.4, 0.5) is 20.2 Å². The van der Waals surface area contributed by atoms with Crippen molar-refractivity contribution >= 4 is 17.3 Å². The Hall–Kier alpha value is -1.69. The van der Waals surface area contributed by atoms with E-state index < -0.39 is 11.6 Å². The number of nitrogens with two attached hydrogens (primary N) is 1. The first-order chi connectivity index (χ1) is 9.56. The Bertz CT molecular complexity index is 488. The lowest BCUT2D eigenvalue weighted by Gasteiger charge is -2.22. The van der Waals surface area contributed by atoms with Crippen LogP contribution in [0.5, 0.6) is 0 Å². The van der Waals surface area contributed by atoms with E-state index in [0.29, 0.717) is 12.5 Å². The van der Waals surface area contributed by atoms with Gasteiger partial charge in [0.25, 0.3) is 0 Å². The number of amides is 1. The van der Waals surface area contributed by atoms with Crippen LogP contribution in [0, 0.1) is 11.6 Å². The van der Waals surface area contributed by atoms with Gasteiger partial charge in [-0.05, 0) is 31.7 Å². The van der Waals surface area contributed by atoms with Gasteiger partial charge in [-0.25, -0.2) is 8.78 Å². The molecule has 1 aromatic carbocycles. The van der Waals surface area contributed by atoms with E-state index in [4.69, 9.17) is 10.5 Å². The topological polar surface area (TPSA) is 64.3 Å². The smallest absolute Gasteiger partial charge is 0.224 e. The lowest BCUT2D eigenvalue weighted by atomic mass is 10.0. The van der Waals surface area contributed by atoms with Crippen molar-refractivity contribution in [2.45, 2.75) is 38.2 Å². The number of anilines is 2. The fraction of sp³-hybridized carbons (Fsp3) is 0.500. The molecule has 0 aliphatic carbocycles. The molecule has 6 heteroatoms. The van der Waals surface area contributed by atoms with Crippen molar-refractivity contribution in [3.8, 4) is 0 Å². The summed E-state index contributed by atoms with van der Waals surface area (Å²) in [5.74, 6) is -2.00. The van der Waals surface area contributed by atoms with Crippen molar-refractivity contribution in [1.29, 1.82) is 0 Å². The standard InChI is InChI=1S/C14H18F2N2O2/c15-10-7-11(16)13(8-12(10)17)18-14(19)5-4-9-3-1-2-6-20-9/h7-9H,1-6,17H2,(H,18,19). The maximum Gasteiger partial charge on any atom is 0.224 e. The SMILES string of the molecule is Nc1cc(NC(=O)CCC2CCCCO2)c(F)cc1F. The van der Waals surface area contributed by atoms with Crippen LogP contribution >= 0.6 is 0 Å². The number of benzene rings is 1. The molecule has 20 heavy (non-hydrogen) atoms. The molecule has 1 aliphatic rings. The third kappa shape index (κ3) is 3.90. The molecule has 0 spiro atoms. The molecule has 0 bridgehead atoms. The highest BCUT2D eigenvalue weighted by Crippen LogP contribution is 2.22. The molecule has 4 nitrogen and oxygen atoms in total. The van der Waals surface area contributed by atoms with Gasteiger partial charge in [-0.2, -0.15) is 0 Å². The van der Waals surface area contributed by atoms with E-state index in [1.165, 1.54) is 0 Å². The second-order valence-electron chi connectivity index (χ2n) is 4.93. The fourth-order valence-electron chi connectivity index (χ4n) is 2.20. The first kappa shape index (κ1) is 14.7. The highest BCUT2D eigenvalue weighted by molar-refractivity contribution is 5.91. The number of ether oxygens (including phenoxy) is 1. The van der Waals surface area contributed by atoms with E-state index in [9.17, 15) is 13.6 Å². The number of nitrogens with one attached hydrogen (secondary N) is 1. The quantitative estimate of drug-likeness (QED) is 0.836. The number of carbonyl (C=O) groups is 1. The van der Waals surface area contributed by atoms with Gasteiger partial charge in [-0.15, -0.1) is 0 Å². The average Bonchev–Trinajstić information content (AvgIpc) is 2.44. The molecule has 3 N–H and O–H groups in total. The molecule has 1 amide bonds. The van der Waals surface area contributed by atoms with Crippen molar-refractivity contribution in [3.05, 3.63) is 23.8 Å². The number of hydrogen-bond donors (Lipinski definition) is 2. The highest BCUT2D eigenvalue weighted by atomic mass is 19.1. The minimum atomic E-state index is -0.837. The van der Waals surface area contributed by atoms with Crippen molar-refractivity contribution in [3.63, 3.8) is 0 Å². The summed E-state index contributed by atoms with van der Waals surface area (Å²) in [4.78, 5) is 11.7. The summed E-state index contributed by atoms with van der Waals surface area (Å²) in [6, 6.07) is 1.74. The van der Waals surface area contributed by atoms with Crippen LogP contribution in [0.15, 0.2) is 12.1 Å². The number of nitrogen functional groups attached to an aromatic ring is 1. The summed E-state index contributed by atoms with van der Waals surface area (Å²) < 4.78 is 32.0. The summed E-state index contributed by atoms with van der Waals surface area (Å²) in [5, 5.41) is 2.40. The maximum atomic E-state index is 13.5. The zero-order valence-electron chi connectivity index (χ0n) is 11.1. The molecule has 1 heterocycles. The predicted molar refractivity (Wildman–Crippen MR) is 72.2 cm³/mol. The van der Waals surface area contributed by atoms with Gasteiger partial charge in [0, 0.05) is 19.1 Å². The van der Waals surface area contributed by atoms with E-state index in [2.05, 4.69) is 5.32 Å². The second-order valence-corrected chi connectivity index (χ2v) is 4.93. The molecular weight excluding hydrogens is 266 g/mol. The van der Waals surface area contributed by atoms with E-state index in [-0.39, 0.29) is 29.8 Å². The number of carbonyl (C=O) groups excluding carboxylic acids is 1. The number of rotatable bonds is 4. The lowest BCUT2D eigenvalue weighted by Crippen LogP contribution is -2.22. The van der Waals surface area contributed by atoms with E-state index >= 15 is 0 Å². The molecular formula is C14H18F2N2O2. The fourth-order valence-corrected chi connectivity index (χ4v) is 2.20. The maximum absolute atomic E-state index is 13.5. The van der Waals surface area contributed by atoms with Gasteiger partial charge >= 0.3 is 0 Å². The first-order valence-electron chi connectivity index (χ1n) is 6.72. The Morgan fingerprint density at radius 1 is 1.35 bits per heavy atom. The minimum absolute atomic E-state index is 0.0950. The Balaban J connectivity index is 1.86. The van der Waals surface area contributed by atoms with E-state index in [1.807, 2.05) is 0 Å². The molecule has 1 fully saturated rings. The zero-order valence-corrected chi connectivity index (χ0v) is 11.1. The summed E-state index contributed by atoms with van der Waals surface area (Å²) in [6.45, 7) is 0.732. The Labute approximate surface area is 116 Å². The van der Waals surface area contributed by atoms with Crippen LogP contribution < -0.4 is 11.1 Å². The van der Waals surface area contributed by atoms with E-state index in [0.717, 1.165) is 31.9 Å². The lowest BCUT2D eigenvalue weighted by molar-refractivity contribution is -0.117. The molecule has 2 rings (SSSR count). The van der Waals surface area contributed by atoms with Crippen molar-refractivity contribution in [1.82, 2.24) is 0 Å². The van der Waals surface area contributed by atoms with Crippen LogP contribution in [0.25, 0.3) is 0 Å². The third-order valence-electron chi connectivity index (χ3n) is 3.33. The second kappa shape index (κ2) is 6.65. The zero-order chi connectivity index (χ0) is 14.5. The largest absolute Gasteiger partial charge is 0.396 e. The molecule has 110 valence electrons. The van der Waals surface area contributed by atoms with Gasteiger partial charge in [0.1, 0.15) is 11.6 Å². The number of halogens is 2. The van der Waals surface area contributed by atoms with Gasteiger partial charge in [0.05, 0.1) is 17.5 Å². The molecule has 0 radical (unpaired) electrons. The van der Waals surface area contributed by atoms with Gasteiger partial charge < -0.3 is 15.8 Å². The molecule has 1 atom stereocenters. The number of hydrogen-bond acceptors (Lipinski definition) is 3. The molecule has 1 unspecified atom stereocenters. The summed E-state index contributed by atoms with van der Waals surface area (Å²) >= 11 is 0. The van der Waals surface area contributed by atoms with Gasteiger partial charge in [-0.3, -0.25) is 4.79 Å². The van der Waals surface area contributed by atoms with Gasteiger partial charge in [0.15, 0.2) is 0 Å². The average molecular weight is 284 g/mol. The Kier molecular flexibility index (Phi) is 4.89. The highest BCUT2D eigenvalue weighted by Gasteiger charge is 2.16. The van der Waals surface area contributed by atoms with Crippen LogP contribution in [-0.2, 0) is 9.53 Å². The summed E-state index contributed by atoms with van der Waals surface area (Å²) in [7, 11) is 0. The van der Waals surface area contributed by atoms with E-state index in [1.54, 1.807) is 0 Å². The molecule has 1 aliphatic heterocycles. The summed E-state index contributed by atoms with van der Waals surface area (Å²) in [6.07, 6.45) is 4.05. The Morgan fingerprint density at radius 3 is 2.85 bits per heavy atom. The van der Waals surface area contributed by atoms with Crippen LogP contribution in [-0.4, -0.2) is 18.6 Å². The van der Waals surface area contributed by atoms with Crippen LogP contribution in [0.1, 0.15) is 32.1 Å².